The van der Waals surface area contributed by atoms with Crippen molar-refractivity contribution in [2.24, 2.45) is 0 Å². The molecule has 2 heteroatoms. The average molecular weight is 211 g/mol. The third kappa shape index (κ3) is 2.01. The van der Waals surface area contributed by atoms with Crippen LogP contribution < -0.4 is 0 Å². The second kappa shape index (κ2) is 4.71. The molecule has 0 spiro atoms. The molecule has 0 saturated heterocycles. The minimum absolute atomic E-state index is 0.775. The molecule has 0 fully saturated rings. The third-order valence-electron chi connectivity index (χ3n) is 2.67. The molecule has 2 rings (SSSR count). The first kappa shape index (κ1) is 10.6. The molecule has 0 aliphatic rings. The largest absolute Gasteiger partial charge is 0.298 e. The monoisotopic (exact) mass is 211 g/mol. The molecule has 0 N–H and O–H groups in total. The van der Waals surface area contributed by atoms with Gasteiger partial charge in [-0.1, -0.05) is 19.1 Å². The third-order valence-corrected chi connectivity index (χ3v) is 2.67. The van der Waals surface area contributed by atoms with E-state index in [0.717, 1.165) is 35.0 Å². The quantitative estimate of drug-likeness (QED) is 0.730. The number of aryl methyl sites for hydroxylation is 1. The predicted molar refractivity (Wildman–Crippen MR) is 64.4 cm³/mol. The Morgan fingerprint density at radius 1 is 1.12 bits per heavy atom. The van der Waals surface area contributed by atoms with E-state index >= 15 is 0 Å². The lowest BCUT2D eigenvalue weighted by Gasteiger charge is -2.05. The highest BCUT2D eigenvalue weighted by molar-refractivity contribution is 5.81. The van der Waals surface area contributed by atoms with Crippen molar-refractivity contribution in [2.45, 2.75) is 13.3 Å². The van der Waals surface area contributed by atoms with Gasteiger partial charge >= 0.3 is 0 Å². The summed E-state index contributed by atoms with van der Waals surface area (Å²) in [5.41, 5.74) is 4.01. The fraction of sp³-hybridized carbons (Fsp3) is 0.143. The zero-order valence-corrected chi connectivity index (χ0v) is 9.18. The smallest absolute Gasteiger partial charge is 0.150 e. The molecule has 1 heterocycles. The Morgan fingerprint density at radius 2 is 1.88 bits per heavy atom. The molecule has 2 aromatic rings. The van der Waals surface area contributed by atoms with Crippen LogP contribution in [0.25, 0.3) is 11.1 Å². The first-order valence-corrected chi connectivity index (χ1v) is 5.33. The molecule has 0 amide bonds. The van der Waals surface area contributed by atoms with E-state index < -0.39 is 0 Å². The zero-order valence-electron chi connectivity index (χ0n) is 9.18. The normalized spacial score (nSPS) is 10.1. The standard InChI is InChI=1S/C14H13NO/c1-2-11-3-4-13(9-14(11)10-16)12-5-7-15-8-6-12/h3-10H,2H2,1H3. The predicted octanol–water partition coefficient (Wildman–Crippen LogP) is 3.12. The number of aromatic nitrogens is 1. The van der Waals surface area contributed by atoms with Gasteiger partial charge in [-0.05, 0) is 41.3 Å². The van der Waals surface area contributed by atoms with E-state index in [2.05, 4.69) is 11.9 Å². The minimum atomic E-state index is 0.775. The summed E-state index contributed by atoms with van der Waals surface area (Å²) in [4.78, 5) is 14.9. The van der Waals surface area contributed by atoms with Gasteiger partial charge in [0.05, 0.1) is 0 Å². The van der Waals surface area contributed by atoms with E-state index in [4.69, 9.17) is 0 Å². The molecular formula is C14H13NO. The van der Waals surface area contributed by atoms with E-state index in [0.29, 0.717) is 0 Å². The highest BCUT2D eigenvalue weighted by atomic mass is 16.1. The number of hydrogen-bond donors (Lipinski definition) is 0. The van der Waals surface area contributed by atoms with Crippen LogP contribution in [0.4, 0.5) is 0 Å². The van der Waals surface area contributed by atoms with Gasteiger partial charge in [-0.15, -0.1) is 0 Å². The lowest BCUT2D eigenvalue weighted by molar-refractivity contribution is 0.112. The molecule has 0 aliphatic carbocycles. The molecule has 0 bridgehead atoms. The Bertz CT molecular complexity index is 491. The molecule has 2 nitrogen and oxygen atoms in total. The van der Waals surface area contributed by atoms with Crippen molar-refractivity contribution in [3.05, 3.63) is 53.9 Å². The van der Waals surface area contributed by atoms with Gasteiger partial charge in [-0.2, -0.15) is 0 Å². The van der Waals surface area contributed by atoms with Gasteiger partial charge in [0.1, 0.15) is 6.29 Å². The first-order chi connectivity index (χ1) is 7.85. The molecule has 80 valence electrons. The average Bonchev–Trinajstić information content (AvgIpc) is 2.39. The molecule has 0 aliphatic heterocycles. The van der Waals surface area contributed by atoms with Crippen LogP contribution in [0.2, 0.25) is 0 Å². The summed E-state index contributed by atoms with van der Waals surface area (Å²) in [7, 11) is 0. The van der Waals surface area contributed by atoms with Gasteiger partial charge in [-0.3, -0.25) is 9.78 Å². The summed E-state index contributed by atoms with van der Waals surface area (Å²) in [5.74, 6) is 0. The molecule has 0 radical (unpaired) electrons. The van der Waals surface area contributed by atoms with Crippen molar-refractivity contribution in [1.82, 2.24) is 4.98 Å². The van der Waals surface area contributed by atoms with Crippen LogP contribution in [0.3, 0.4) is 0 Å². The first-order valence-electron chi connectivity index (χ1n) is 5.33. The van der Waals surface area contributed by atoms with E-state index in [1.807, 2.05) is 30.3 Å². The summed E-state index contributed by atoms with van der Waals surface area (Å²) in [6.07, 6.45) is 5.31. The molecule has 1 aromatic heterocycles. The summed E-state index contributed by atoms with van der Waals surface area (Å²) in [6.45, 7) is 2.05. The van der Waals surface area contributed by atoms with Crippen LogP contribution in [0.15, 0.2) is 42.7 Å². The van der Waals surface area contributed by atoms with Crippen LogP contribution >= 0.6 is 0 Å². The van der Waals surface area contributed by atoms with E-state index in [9.17, 15) is 4.79 Å². The number of pyridine rings is 1. The van der Waals surface area contributed by atoms with E-state index in [-0.39, 0.29) is 0 Å². The lowest BCUT2D eigenvalue weighted by Crippen LogP contribution is -1.91. The summed E-state index contributed by atoms with van der Waals surface area (Å²) in [6, 6.07) is 9.87. The summed E-state index contributed by atoms with van der Waals surface area (Å²) >= 11 is 0. The van der Waals surface area contributed by atoms with Gasteiger partial charge in [-0.25, -0.2) is 0 Å². The summed E-state index contributed by atoms with van der Waals surface area (Å²) < 4.78 is 0. The van der Waals surface area contributed by atoms with Crippen LogP contribution in [0.1, 0.15) is 22.8 Å². The highest BCUT2D eigenvalue weighted by Crippen LogP contribution is 2.21. The van der Waals surface area contributed by atoms with Crippen molar-refractivity contribution in [2.75, 3.05) is 0 Å². The Kier molecular flexibility index (Phi) is 3.10. The maximum atomic E-state index is 11.0. The van der Waals surface area contributed by atoms with Crippen LogP contribution in [0.5, 0.6) is 0 Å². The van der Waals surface area contributed by atoms with Crippen molar-refractivity contribution in [3.63, 3.8) is 0 Å². The number of nitrogens with zero attached hydrogens (tertiary/aromatic N) is 1. The van der Waals surface area contributed by atoms with E-state index in [1.165, 1.54) is 0 Å². The number of carbonyl (C=O) groups excluding carboxylic acids is 1. The number of aldehydes is 1. The van der Waals surface area contributed by atoms with Crippen molar-refractivity contribution >= 4 is 6.29 Å². The van der Waals surface area contributed by atoms with Crippen LogP contribution in [-0.4, -0.2) is 11.3 Å². The van der Waals surface area contributed by atoms with Crippen LogP contribution in [0, 0.1) is 0 Å². The van der Waals surface area contributed by atoms with Crippen LogP contribution in [-0.2, 0) is 6.42 Å². The SMILES string of the molecule is CCc1ccc(-c2ccncc2)cc1C=O. The van der Waals surface area contributed by atoms with Gasteiger partial charge in [0.25, 0.3) is 0 Å². The number of hydrogen-bond acceptors (Lipinski definition) is 2. The van der Waals surface area contributed by atoms with Crippen molar-refractivity contribution in [3.8, 4) is 11.1 Å². The fourth-order valence-electron chi connectivity index (χ4n) is 1.75. The topological polar surface area (TPSA) is 30.0 Å². The highest BCUT2D eigenvalue weighted by Gasteiger charge is 2.03. The maximum absolute atomic E-state index is 11.0. The second-order valence-electron chi connectivity index (χ2n) is 3.62. The number of carbonyl (C=O) groups is 1. The Balaban J connectivity index is 2.48. The van der Waals surface area contributed by atoms with Gasteiger partial charge in [0, 0.05) is 18.0 Å². The second-order valence-corrected chi connectivity index (χ2v) is 3.62. The number of benzene rings is 1. The maximum Gasteiger partial charge on any atom is 0.150 e. The Labute approximate surface area is 95.0 Å². The number of rotatable bonds is 3. The van der Waals surface area contributed by atoms with Gasteiger partial charge in [0.2, 0.25) is 0 Å². The molecule has 0 saturated carbocycles. The van der Waals surface area contributed by atoms with Gasteiger partial charge in [0.15, 0.2) is 0 Å². The molecule has 0 atom stereocenters. The summed E-state index contributed by atoms with van der Waals surface area (Å²) in [5, 5.41) is 0. The molecule has 1 aromatic carbocycles. The zero-order chi connectivity index (χ0) is 11.4. The van der Waals surface area contributed by atoms with Gasteiger partial charge < -0.3 is 0 Å². The molecule has 16 heavy (non-hydrogen) atoms. The Hall–Kier alpha value is -1.96. The Morgan fingerprint density at radius 3 is 2.50 bits per heavy atom. The molecular weight excluding hydrogens is 198 g/mol. The fourth-order valence-corrected chi connectivity index (χ4v) is 1.75. The van der Waals surface area contributed by atoms with Crippen molar-refractivity contribution < 1.29 is 4.79 Å². The lowest BCUT2D eigenvalue weighted by atomic mass is 9.99. The minimum Gasteiger partial charge on any atom is -0.298 e. The van der Waals surface area contributed by atoms with E-state index in [1.54, 1.807) is 12.4 Å². The van der Waals surface area contributed by atoms with Crippen molar-refractivity contribution in [1.29, 1.82) is 0 Å². The molecule has 0 unspecified atom stereocenters.